The summed E-state index contributed by atoms with van der Waals surface area (Å²) in [6.45, 7) is 0.0955. The fourth-order valence-electron chi connectivity index (χ4n) is 4.68. The number of nitrogens with zero attached hydrogens (tertiary/aromatic N) is 1. The van der Waals surface area contributed by atoms with Gasteiger partial charge in [0, 0.05) is 28.7 Å². The third-order valence-electron chi connectivity index (χ3n) is 6.24. The zero-order chi connectivity index (χ0) is 22.0. The molecule has 1 saturated carbocycles. The summed E-state index contributed by atoms with van der Waals surface area (Å²) in [7, 11) is 1.54. The Kier molecular flexibility index (Phi) is 5.88. The maximum atomic E-state index is 12.9. The first kappa shape index (κ1) is 20.8. The average molecular weight is 425 g/mol. The van der Waals surface area contributed by atoms with Crippen molar-refractivity contribution in [1.29, 1.82) is 0 Å². The lowest BCUT2D eigenvalue weighted by atomic mass is 9.67. The molecule has 2 aromatic rings. The van der Waals surface area contributed by atoms with Crippen LogP contribution in [0.15, 0.2) is 42.5 Å². The lowest BCUT2D eigenvalue weighted by Crippen LogP contribution is -2.44. The van der Waals surface area contributed by atoms with Crippen LogP contribution < -0.4 is 14.2 Å². The third kappa shape index (κ3) is 4.10. The van der Waals surface area contributed by atoms with Crippen LogP contribution in [0.2, 0.25) is 0 Å². The van der Waals surface area contributed by atoms with Gasteiger partial charge < -0.3 is 19.0 Å². The molecular weight excluding hydrogens is 402 g/mol. The lowest BCUT2D eigenvalue weighted by molar-refractivity contribution is -0.540. The van der Waals surface area contributed by atoms with Gasteiger partial charge >= 0.3 is 0 Å². The van der Waals surface area contributed by atoms with Gasteiger partial charge in [-0.15, -0.1) is 0 Å². The number of nitro groups is 1. The van der Waals surface area contributed by atoms with Crippen molar-refractivity contribution < 1.29 is 28.7 Å². The number of aldehydes is 1. The van der Waals surface area contributed by atoms with Gasteiger partial charge in [0.1, 0.15) is 12.0 Å². The highest BCUT2D eigenvalue weighted by atomic mass is 16.7. The number of Topliss-reactive ketones (excluding diaryl/α,β-unsaturated/α-hetero) is 1. The molecule has 0 unspecified atom stereocenters. The Morgan fingerprint density at radius 3 is 2.58 bits per heavy atom. The molecule has 162 valence electrons. The molecule has 2 aliphatic rings. The number of fused-ring (bicyclic) bond motifs is 1. The van der Waals surface area contributed by atoms with Crippen LogP contribution in [-0.4, -0.2) is 36.9 Å². The Balaban J connectivity index is 1.61. The van der Waals surface area contributed by atoms with E-state index in [1.165, 1.54) is 0 Å². The molecule has 0 radical (unpaired) electrons. The maximum absolute atomic E-state index is 12.9. The number of hydrogen-bond acceptors (Lipinski definition) is 7. The van der Waals surface area contributed by atoms with Gasteiger partial charge in [0.05, 0.1) is 13.0 Å². The fraction of sp³-hybridized carbons (Fsp3) is 0.391. The minimum absolute atomic E-state index is 0.0462. The fourth-order valence-corrected chi connectivity index (χ4v) is 4.68. The summed E-state index contributed by atoms with van der Waals surface area (Å²) in [5.74, 6) is -0.0434. The molecule has 1 heterocycles. The highest BCUT2D eigenvalue weighted by Gasteiger charge is 2.48. The predicted molar refractivity (Wildman–Crippen MR) is 110 cm³/mol. The summed E-state index contributed by atoms with van der Waals surface area (Å²) >= 11 is 0. The van der Waals surface area contributed by atoms with Crippen molar-refractivity contribution in [3.05, 3.63) is 63.7 Å². The molecule has 8 nitrogen and oxygen atoms in total. The van der Waals surface area contributed by atoms with E-state index in [1.54, 1.807) is 49.6 Å². The predicted octanol–water partition coefficient (Wildman–Crippen LogP) is 3.65. The Labute approximate surface area is 179 Å². The van der Waals surface area contributed by atoms with E-state index in [0.717, 1.165) is 6.29 Å². The number of benzene rings is 2. The number of rotatable bonds is 7. The quantitative estimate of drug-likeness (QED) is 0.289. The highest BCUT2D eigenvalue weighted by molar-refractivity contribution is 5.96. The van der Waals surface area contributed by atoms with E-state index in [4.69, 9.17) is 14.2 Å². The number of methoxy groups -OCH3 is 1. The van der Waals surface area contributed by atoms with E-state index in [-0.39, 0.29) is 23.9 Å². The Bertz CT molecular complexity index is 988. The van der Waals surface area contributed by atoms with E-state index in [1.807, 2.05) is 0 Å². The summed E-state index contributed by atoms with van der Waals surface area (Å²) in [5.41, 5.74) is 1.14. The molecule has 2 aromatic carbocycles. The molecule has 31 heavy (non-hydrogen) atoms. The van der Waals surface area contributed by atoms with Gasteiger partial charge in [-0.3, -0.25) is 14.9 Å². The van der Waals surface area contributed by atoms with Crippen LogP contribution in [0.25, 0.3) is 0 Å². The normalized spacial score (nSPS) is 24.4. The first-order valence-electron chi connectivity index (χ1n) is 10.2. The summed E-state index contributed by atoms with van der Waals surface area (Å²) < 4.78 is 15.9. The monoisotopic (exact) mass is 425 g/mol. The van der Waals surface area contributed by atoms with Gasteiger partial charge in [-0.2, -0.15) is 0 Å². The molecule has 4 atom stereocenters. The second-order valence-corrected chi connectivity index (χ2v) is 7.91. The van der Waals surface area contributed by atoms with Crippen molar-refractivity contribution in [1.82, 2.24) is 0 Å². The van der Waals surface area contributed by atoms with E-state index in [0.29, 0.717) is 41.2 Å². The van der Waals surface area contributed by atoms with Gasteiger partial charge in [0.2, 0.25) is 12.8 Å². The minimum atomic E-state index is -1.05. The standard InChI is InChI=1S/C23H23NO7/c1-29-18-7-4-14(5-8-18)19(26)10-16-2-3-17(12-25)22(23(16)24(27)28)15-6-9-20-21(11-15)31-13-30-20/h4-9,11-12,16-17,22-23H,2-3,10,13H2,1H3/t16-,17+,22+,23+/m0/s1. The van der Waals surface area contributed by atoms with Gasteiger partial charge in [-0.05, 0) is 54.8 Å². The summed E-state index contributed by atoms with van der Waals surface area (Å²) in [6.07, 6.45) is 1.78. The highest BCUT2D eigenvalue weighted by Crippen LogP contribution is 2.45. The van der Waals surface area contributed by atoms with Gasteiger partial charge in [-0.25, -0.2) is 0 Å². The van der Waals surface area contributed by atoms with Crippen LogP contribution in [0.4, 0.5) is 0 Å². The molecule has 0 N–H and O–H groups in total. The first-order valence-corrected chi connectivity index (χ1v) is 10.2. The first-order chi connectivity index (χ1) is 15.0. The van der Waals surface area contributed by atoms with Crippen molar-refractivity contribution in [2.75, 3.05) is 13.9 Å². The molecule has 4 rings (SSSR count). The minimum Gasteiger partial charge on any atom is -0.497 e. The molecule has 0 saturated heterocycles. The molecule has 0 bridgehead atoms. The molecule has 1 aliphatic heterocycles. The van der Waals surface area contributed by atoms with Crippen molar-refractivity contribution in [2.24, 2.45) is 11.8 Å². The van der Waals surface area contributed by atoms with Crippen LogP contribution in [0.3, 0.4) is 0 Å². The Morgan fingerprint density at radius 1 is 1.16 bits per heavy atom. The molecule has 1 fully saturated rings. The number of carbonyl (C=O) groups excluding carboxylic acids is 2. The average Bonchev–Trinajstić information content (AvgIpc) is 3.26. The largest absolute Gasteiger partial charge is 0.497 e. The molecule has 1 aliphatic carbocycles. The lowest BCUT2D eigenvalue weighted by Gasteiger charge is -2.36. The van der Waals surface area contributed by atoms with Crippen molar-refractivity contribution >= 4 is 12.1 Å². The SMILES string of the molecule is COc1ccc(C(=O)C[C@@H]2CC[C@H](C=O)[C@@H](c3ccc4c(c3)OCO4)[C@@H]2[N+](=O)[O-])cc1. The van der Waals surface area contributed by atoms with Gasteiger partial charge in [0.15, 0.2) is 17.3 Å². The van der Waals surface area contributed by atoms with E-state index >= 15 is 0 Å². The Morgan fingerprint density at radius 2 is 1.90 bits per heavy atom. The third-order valence-corrected chi connectivity index (χ3v) is 6.24. The number of hydrogen-bond donors (Lipinski definition) is 0. The van der Waals surface area contributed by atoms with Crippen molar-refractivity contribution in [3.63, 3.8) is 0 Å². The second kappa shape index (κ2) is 8.75. The van der Waals surface area contributed by atoms with Crippen LogP contribution in [0.5, 0.6) is 17.2 Å². The number of carbonyl (C=O) groups is 2. The summed E-state index contributed by atoms with van der Waals surface area (Å²) in [5, 5.41) is 12.2. The zero-order valence-electron chi connectivity index (χ0n) is 17.1. The van der Waals surface area contributed by atoms with Crippen LogP contribution >= 0.6 is 0 Å². The van der Waals surface area contributed by atoms with Crippen molar-refractivity contribution in [2.45, 2.75) is 31.2 Å². The summed E-state index contributed by atoms with van der Waals surface area (Å²) in [4.78, 5) is 36.5. The molecule has 0 spiro atoms. The molecule has 0 aromatic heterocycles. The number of ether oxygens (including phenoxy) is 3. The molecule has 0 amide bonds. The van der Waals surface area contributed by atoms with Crippen molar-refractivity contribution in [3.8, 4) is 17.2 Å². The summed E-state index contributed by atoms with van der Waals surface area (Å²) in [6, 6.07) is 10.8. The van der Waals surface area contributed by atoms with E-state index < -0.39 is 23.8 Å². The molecule has 8 heteroatoms. The Hall–Kier alpha value is -3.42. The maximum Gasteiger partial charge on any atom is 0.231 e. The number of ketones is 1. The van der Waals surface area contributed by atoms with E-state index in [2.05, 4.69) is 0 Å². The van der Waals surface area contributed by atoms with Gasteiger partial charge in [0.25, 0.3) is 0 Å². The second-order valence-electron chi connectivity index (χ2n) is 7.91. The van der Waals surface area contributed by atoms with E-state index in [9.17, 15) is 19.7 Å². The van der Waals surface area contributed by atoms with Crippen LogP contribution in [-0.2, 0) is 4.79 Å². The topological polar surface area (TPSA) is 105 Å². The van der Waals surface area contributed by atoms with Gasteiger partial charge in [-0.1, -0.05) is 6.07 Å². The smallest absolute Gasteiger partial charge is 0.231 e. The zero-order valence-corrected chi connectivity index (χ0v) is 17.1. The van der Waals surface area contributed by atoms with Crippen LogP contribution in [0, 0.1) is 22.0 Å². The molecular formula is C23H23NO7. The van der Waals surface area contributed by atoms with Crippen LogP contribution in [0.1, 0.15) is 41.1 Å².